The lowest BCUT2D eigenvalue weighted by Crippen LogP contribution is -2.28. The highest BCUT2D eigenvalue weighted by molar-refractivity contribution is 5.86. The van der Waals surface area contributed by atoms with Gasteiger partial charge in [-0.05, 0) is 52.2 Å². The molecule has 2 rings (SSSR count). The molecule has 0 radical (unpaired) electrons. The summed E-state index contributed by atoms with van der Waals surface area (Å²) in [4.78, 5) is 22.4. The lowest BCUT2D eigenvalue weighted by atomic mass is 9.93. The summed E-state index contributed by atoms with van der Waals surface area (Å²) in [6, 6.07) is 4.71. The number of rotatable bonds is 4. The van der Waals surface area contributed by atoms with E-state index in [0.29, 0.717) is 11.4 Å². The molecule has 0 bridgehead atoms. The van der Waals surface area contributed by atoms with Crippen LogP contribution in [0.4, 0.5) is 21.9 Å². The molecule has 7 heteroatoms. The maximum atomic E-state index is 11.8. The molecular weight excluding hydrogens is 286 g/mol. The molecule has 1 aromatic rings. The van der Waals surface area contributed by atoms with Crippen molar-refractivity contribution in [2.75, 3.05) is 10.6 Å². The summed E-state index contributed by atoms with van der Waals surface area (Å²) in [5.41, 5.74) is 0.282. The van der Waals surface area contributed by atoms with Crippen LogP contribution < -0.4 is 10.6 Å². The molecule has 2 N–H and O–H groups in total. The Morgan fingerprint density at radius 2 is 2.05 bits per heavy atom. The molecular formula is C15H21N3O4. The average molecular weight is 307 g/mol. The number of nitrogens with zero attached hydrogens (tertiary/aromatic N) is 1. The van der Waals surface area contributed by atoms with Crippen molar-refractivity contribution in [3.05, 3.63) is 28.3 Å². The predicted molar refractivity (Wildman–Crippen MR) is 84.2 cm³/mol. The molecule has 0 atom stereocenters. The van der Waals surface area contributed by atoms with Gasteiger partial charge in [0.1, 0.15) is 11.3 Å². The first-order valence-corrected chi connectivity index (χ1v) is 7.29. The number of anilines is 2. The minimum Gasteiger partial charge on any atom is -0.444 e. The van der Waals surface area contributed by atoms with Crippen molar-refractivity contribution >= 4 is 23.2 Å². The van der Waals surface area contributed by atoms with E-state index in [1.54, 1.807) is 26.8 Å². The number of carbonyl (C=O) groups excluding carboxylic acids is 1. The van der Waals surface area contributed by atoms with Crippen LogP contribution in [0.3, 0.4) is 0 Å². The number of ether oxygens (including phenoxy) is 1. The second-order valence-corrected chi connectivity index (χ2v) is 6.39. The van der Waals surface area contributed by atoms with Crippen LogP contribution in [0.15, 0.2) is 18.2 Å². The first kappa shape index (κ1) is 16.1. The second-order valence-electron chi connectivity index (χ2n) is 6.39. The molecule has 7 nitrogen and oxygen atoms in total. The van der Waals surface area contributed by atoms with Crippen molar-refractivity contribution in [2.45, 2.75) is 51.7 Å². The van der Waals surface area contributed by atoms with Crippen molar-refractivity contribution < 1.29 is 14.5 Å². The van der Waals surface area contributed by atoms with Crippen molar-refractivity contribution in [3.8, 4) is 0 Å². The fourth-order valence-corrected chi connectivity index (χ4v) is 2.08. The maximum absolute atomic E-state index is 11.8. The normalized spacial score (nSPS) is 14.9. The lowest BCUT2D eigenvalue weighted by molar-refractivity contribution is -0.384. The van der Waals surface area contributed by atoms with Crippen LogP contribution in [0.1, 0.15) is 40.0 Å². The zero-order valence-corrected chi connectivity index (χ0v) is 13.0. The number of amides is 1. The van der Waals surface area contributed by atoms with Gasteiger partial charge in [-0.15, -0.1) is 0 Å². The first-order valence-electron chi connectivity index (χ1n) is 7.29. The Morgan fingerprint density at radius 3 is 2.55 bits per heavy atom. The number of nitro groups is 1. The summed E-state index contributed by atoms with van der Waals surface area (Å²) >= 11 is 0. The highest BCUT2D eigenvalue weighted by Gasteiger charge is 2.23. The Morgan fingerprint density at radius 1 is 1.36 bits per heavy atom. The minimum atomic E-state index is -0.599. The molecule has 0 aromatic heterocycles. The smallest absolute Gasteiger partial charge is 0.412 e. The van der Waals surface area contributed by atoms with Crippen LogP contribution in [-0.2, 0) is 4.74 Å². The third kappa shape index (κ3) is 4.34. The van der Waals surface area contributed by atoms with Gasteiger partial charge in [0.15, 0.2) is 0 Å². The van der Waals surface area contributed by atoms with Crippen LogP contribution in [-0.4, -0.2) is 22.7 Å². The average Bonchev–Trinajstić information content (AvgIpc) is 2.31. The van der Waals surface area contributed by atoms with Gasteiger partial charge in [0.05, 0.1) is 4.92 Å². The SMILES string of the molecule is CC(C)(C)OC(=O)Nc1ccc([N+](=O)[O-])c(NC2CCC2)c1. The van der Waals surface area contributed by atoms with E-state index < -0.39 is 16.6 Å². The highest BCUT2D eigenvalue weighted by Crippen LogP contribution is 2.32. The second kappa shape index (κ2) is 6.21. The van der Waals surface area contributed by atoms with Gasteiger partial charge in [0.2, 0.25) is 0 Å². The van der Waals surface area contributed by atoms with Gasteiger partial charge < -0.3 is 10.1 Å². The zero-order valence-electron chi connectivity index (χ0n) is 13.0. The summed E-state index contributed by atoms with van der Waals surface area (Å²) in [5, 5.41) is 16.8. The summed E-state index contributed by atoms with van der Waals surface area (Å²) in [6.45, 7) is 5.31. The third-order valence-corrected chi connectivity index (χ3v) is 3.30. The summed E-state index contributed by atoms with van der Waals surface area (Å²) in [6.07, 6.45) is 2.54. The van der Waals surface area contributed by atoms with E-state index >= 15 is 0 Å². The number of hydrogen-bond donors (Lipinski definition) is 2. The van der Waals surface area contributed by atoms with Crippen molar-refractivity contribution in [3.63, 3.8) is 0 Å². The van der Waals surface area contributed by atoms with Gasteiger partial charge in [0.25, 0.3) is 5.69 Å². The maximum Gasteiger partial charge on any atom is 0.412 e. The van der Waals surface area contributed by atoms with Gasteiger partial charge in [-0.2, -0.15) is 0 Å². The predicted octanol–water partition coefficient (Wildman–Crippen LogP) is 3.91. The number of benzene rings is 1. The third-order valence-electron chi connectivity index (χ3n) is 3.30. The largest absolute Gasteiger partial charge is 0.444 e. The van der Waals surface area contributed by atoms with Crippen molar-refractivity contribution in [1.29, 1.82) is 0 Å². The van der Waals surface area contributed by atoms with E-state index in [-0.39, 0.29) is 11.7 Å². The highest BCUT2D eigenvalue weighted by atomic mass is 16.6. The van der Waals surface area contributed by atoms with Gasteiger partial charge in [-0.3, -0.25) is 15.4 Å². The van der Waals surface area contributed by atoms with Crippen molar-refractivity contribution in [2.24, 2.45) is 0 Å². The van der Waals surface area contributed by atoms with Crippen LogP contribution >= 0.6 is 0 Å². The van der Waals surface area contributed by atoms with Gasteiger partial charge in [-0.25, -0.2) is 4.79 Å². The van der Waals surface area contributed by atoms with Gasteiger partial charge >= 0.3 is 6.09 Å². The number of nitro benzene ring substituents is 1. The van der Waals surface area contributed by atoms with Crippen LogP contribution in [0.2, 0.25) is 0 Å². The Bertz CT molecular complexity index is 577. The number of nitrogens with one attached hydrogen (secondary N) is 2. The summed E-state index contributed by atoms with van der Waals surface area (Å²) in [7, 11) is 0. The molecule has 0 spiro atoms. The van der Waals surface area contributed by atoms with Crippen LogP contribution in [0.5, 0.6) is 0 Å². The van der Waals surface area contributed by atoms with Crippen LogP contribution in [0.25, 0.3) is 0 Å². The monoisotopic (exact) mass is 307 g/mol. The number of hydrogen-bond acceptors (Lipinski definition) is 5. The Labute approximate surface area is 129 Å². The zero-order chi connectivity index (χ0) is 16.3. The molecule has 1 aromatic carbocycles. The molecule has 0 aliphatic heterocycles. The minimum absolute atomic E-state index is 0.00152. The molecule has 1 aliphatic rings. The molecule has 1 fully saturated rings. The molecule has 120 valence electrons. The van der Waals surface area contributed by atoms with E-state index in [0.717, 1.165) is 19.3 Å². The fourth-order valence-electron chi connectivity index (χ4n) is 2.08. The van der Waals surface area contributed by atoms with Crippen LogP contribution in [0, 0.1) is 10.1 Å². The standard InChI is InChI=1S/C15H21N3O4/c1-15(2,3)22-14(19)17-11-7-8-13(18(20)21)12(9-11)16-10-5-4-6-10/h7-10,16H,4-6H2,1-3H3,(H,17,19). The number of carbonyl (C=O) groups is 1. The van der Waals surface area contributed by atoms with E-state index in [9.17, 15) is 14.9 Å². The quantitative estimate of drug-likeness (QED) is 0.650. The molecule has 1 saturated carbocycles. The molecule has 1 amide bonds. The molecule has 0 saturated heterocycles. The lowest BCUT2D eigenvalue weighted by Gasteiger charge is -2.27. The topological polar surface area (TPSA) is 93.5 Å². The van der Waals surface area contributed by atoms with Gasteiger partial charge in [0, 0.05) is 17.8 Å². The first-order chi connectivity index (χ1) is 10.2. The van der Waals surface area contributed by atoms with E-state index in [1.165, 1.54) is 12.1 Å². The van der Waals surface area contributed by atoms with Crippen molar-refractivity contribution in [1.82, 2.24) is 0 Å². The Kier molecular flexibility index (Phi) is 4.54. The summed E-state index contributed by atoms with van der Waals surface area (Å²) < 4.78 is 5.17. The molecule has 1 aliphatic carbocycles. The molecule has 0 unspecified atom stereocenters. The Balaban J connectivity index is 2.13. The van der Waals surface area contributed by atoms with Gasteiger partial charge in [-0.1, -0.05) is 0 Å². The summed E-state index contributed by atoms with van der Waals surface area (Å²) in [5.74, 6) is 0. The van der Waals surface area contributed by atoms with E-state index in [2.05, 4.69) is 10.6 Å². The van der Waals surface area contributed by atoms with E-state index in [1.807, 2.05) is 0 Å². The molecule has 0 heterocycles. The molecule has 22 heavy (non-hydrogen) atoms. The fraction of sp³-hybridized carbons (Fsp3) is 0.533. The van der Waals surface area contributed by atoms with E-state index in [4.69, 9.17) is 4.74 Å². The Hall–Kier alpha value is -2.31.